The Morgan fingerprint density at radius 2 is 2.06 bits per heavy atom. The van der Waals surface area contributed by atoms with Crippen LogP contribution in [0.3, 0.4) is 0 Å². The summed E-state index contributed by atoms with van der Waals surface area (Å²) in [6.07, 6.45) is 5.59. The Bertz CT molecular complexity index is 373. The first-order valence-electron chi connectivity index (χ1n) is 6.77. The van der Waals surface area contributed by atoms with Gasteiger partial charge >= 0.3 is 0 Å². The van der Waals surface area contributed by atoms with Gasteiger partial charge in [-0.1, -0.05) is 26.2 Å². The Kier molecular flexibility index (Phi) is 3.93. The third kappa shape index (κ3) is 3.15. The Morgan fingerprint density at radius 1 is 1.29 bits per heavy atom. The lowest BCUT2D eigenvalue weighted by atomic mass is 9.80. The standard InChI is InChI=1S/C15H24N2/c1-11-5-3-4-6-13(11)10-17-14-7-8-15(16)12(2)9-14/h7-9,11,13,17H,3-6,10,16H2,1-2H3. The molecule has 0 saturated heterocycles. The van der Waals surface area contributed by atoms with Crippen LogP contribution < -0.4 is 11.1 Å². The molecule has 0 amide bonds. The number of benzene rings is 1. The van der Waals surface area contributed by atoms with Gasteiger partial charge in [-0.25, -0.2) is 0 Å². The number of aryl methyl sites for hydroxylation is 1. The van der Waals surface area contributed by atoms with Crippen LogP contribution in [0.5, 0.6) is 0 Å². The van der Waals surface area contributed by atoms with Gasteiger partial charge < -0.3 is 11.1 Å². The maximum Gasteiger partial charge on any atom is 0.0345 e. The predicted molar refractivity (Wildman–Crippen MR) is 75.2 cm³/mol. The molecule has 0 bridgehead atoms. The van der Waals surface area contributed by atoms with Gasteiger partial charge in [0, 0.05) is 17.9 Å². The highest BCUT2D eigenvalue weighted by Gasteiger charge is 2.20. The minimum atomic E-state index is 0.835. The van der Waals surface area contributed by atoms with Gasteiger partial charge in [-0.2, -0.15) is 0 Å². The molecule has 17 heavy (non-hydrogen) atoms. The third-order valence-electron chi connectivity index (χ3n) is 4.13. The average Bonchev–Trinajstić information content (AvgIpc) is 2.32. The van der Waals surface area contributed by atoms with E-state index in [1.165, 1.54) is 31.4 Å². The van der Waals surface area contributed by atoms with Crippen molar-refractivity contribution < 1.29 is 0 Å². The number of hydrogen-bond acceptors (Lipinski definition) is 2. The summed E-state index contributed by atoms with van der Waals surface area (Å²) in [5, 5.41) is 3.56. The van der Waals surface area contributed by atoms with E-state index in [0.717, 1.165) is 29.6 Å². The van der Waals surface area contributed by atoms with Gasteiger partial charge in [-0.3, -0.25) is 0 Å². The number of hydrogen-bond donors (Lipinski definition) is 2. The zero-order chi connectivity index (χ0) is 12.3. The van der Waals surface area contributed by atoms with Gasteiger partial charge in [0.2, 0.25) is 0 Å². The van der Waals surface area contributed by atoms with Crippen LogP contribution in [0.4, 0.5) is 11.4 Å². The fourth-order valence-corrected chi connectivity index (χ4v) is 2.73. The second kappa shape index (κ2) is 5.44. The maximum atomic E-state index is 5.82. The van der Waals surface area contributed by atoms with Crippen LogP contribution in [-0.4, -0.2) is 6.54 Å². The second-order valence-electron chi connectivity index (χ2n) is 5.47. The molecule has 0 aromatic heterocycles. The third-order valence-corrected chi connectivity index (χ3v) is 4.13. The van der Waals surface area contributed by atoms with E-state index < -0.39 is 0 Å². The average molecular weight is 232 g/mol. The normalized spacial score (nSPS) is 24.6. The lowest BCUT2D eigenvalue weighted by Crippen LogP contribution is -2.24. The van der Waals surface area contributed by atoms with Crippen molar-refractivity contribution in [2.24, 2.45) is 11.8 Å². The quantitative estimate of drug-likeness (QED) is 0.778. The highest BCUT2D eigenvalue weighted by atomic mass is 14.9. The number of rotatable bonds is 3. The summed E-state index contributed by atoms with van der Waals surface area (Å²) in [4.78, 5) is 0. The Balaban J connectivity index is 1.90. The molecule has 2 atom stereocenters. The smallest absolute Gasteiger partial charge is 0.0345 e. The molecule has 3 N–H and O–H groups in total. The molecule has 1 aliphatic carbocycles. The van der Waals surface area contributed by atoms with Gasteiger partial charge in [-0.15, -0.1) is 0 Å². The summed E-state index contributed by atoms with van der Waals surface area (Å²) in [6, 6.07) is 6.21. The molecule has 94 valence electrons. The van der Waals surface area contributed by atoms with Crippen LogP contribution in [-0.2, 0) is 0 Å². The number of anilines is 2. The number of nitrogens with one attached hydrogen (secondary N) is 1. The molecule has 0 heterocycles. The van der Waals surface area contributed by atoms with Gasteiger partial charge in [-0.05, 0) is 48.9 Å². The first-order chi connectivity index (χ1) is 8.16. The van der Waals surface area contributed by atoms with Crippen molar-refractivity contribution in [3.05, 3.63) is 23.8 Å². The summed E-state index contributed by atoms with van der Waals surface area (Å²) in [6.45, 7) is 5.55. The molecule has 2 unspecified atom stereocenters. The largest absolute Gasteiger partial charge is 0.399 e. The van der Waals surface area contributed by atoms with E-state index in [1.807, 2.05) is 6.07 Å². The van der Waals surface area contributed by atoms with Crippen molar-refractivity contribution in [1.29, 1.82) is 0 Å². The van der Waals surface area contributed by atoms with Crippen LogP contribution in [0.25, 0.3) is 0 Å². The molecule has 2 heteroatoms. The van der Waals surface area contributed by atoms with Crippen LogP contribution in [0, 0.1) is 18.8 Å². The van der Waals surface area contributed by atoms with E-state index in [0.29, 0.717) is 0 Å². The predicted octanol–water partition coefficient (Wildman–Crippen LogP) is 3.82. The van der Waals surface area contributed by atoms with Crippen molar-refractivity contribution in [3.63, 3.8) is 0 Å². The van der Waals surface area contributed by atoms with Crippen molar-refractivity contribution in [2.45, 2.75) is 39.5 Å². The zero-order valence-corrected chi connectivity index (χ0v) is 11.0. The van der Waals surface area contributed by atoms with Gasteiger partial charge in [0.25, 0.3) is 0 Å². The molecule has 1 saturated carbocycles. The molecule has 0 aliphatic heterocycles. The number of nitrogens with two attached hydrogens (primary N) is 1. The van der Waals surface area contributed by atoms with Crippen molar-refractivity contribution in [2.75, 3.05) is 17.6 Å². The molecule has 2 rings (SSSR count). The minimum Gasteiger partial charge on any atom is -0.399 e. The van der Waals surface area contributed by atoms with Crippen LogP contribution in [0.1, 0.15) is 38.2 Å². The Hall–Kier alpha value is -1.18. The summed E-state index contributed by atoms with van der Waals surface area (Å²) in [7, 11) is 0. The SMILES string of the molecule is Cc1cc(NCC2CCCCC2C)ccc1N. The molecule has 0 spiro atoms. The summed E-state index contributed by atoms with van der Waals surface area (Å²) < 4.78 is 0. The highest BCUT2D eigenvalue weighted by Crippen LogP contribution is 2.29. The Morgan fingerprint density at radius 3 is 2.76 bits per heavy atom. The van der Waals surface area contributed by atoms with Crippen molar-refractivity contribution >= 4 is 11.4 Å². The number of nitrogen functional groups attached to an aromatic ring is 1. The lowest BCUT2D eigenvalue weighted by molar-refractivity contribution is 0.268. The molecule has 1 aliphatic rings. The van der Waals surface area contributed by atoms with E-state index in [9.17, 15) is 0 Å². The minimum absolute atomic E-state index is 0.835. The van der Waals surface area contributed by atoms with Crippen LogP contribution >= 0.6 is 0 Å². The fraction of sp³-hybridized carbons (Fsp3) is 0.600. The molecular formula is C15H24N2. The van der Waals surface area contributed by atoms with E-state index in [1.54, 1.807) is 0 Å². The van der Waals surface area contributed by atoms with Crippen molar-refractivity contribution in [1.82, 2.24) is 0 Å². The molecule has 1 aromatic carbocycles. The second-order valence-corrected chi connectivity index (χ2v) is 5.47. The van der Waals surface area contributed by atoms with Crippen LogP contribution in [0.15, 0.2) is 18.2 Å². The molecule has 0 radical (unpaired) electrons. The fourth-order valence-electron chi connectivity index (χ4n) is 2.73. The first kappa shape index (κ1) is 12.3. The summed E-state index contributed by atoms with van der Waals surface area (Å²) >= 11 is 0. The van der Waals surface area contributed by atoms with E-state index >= 15 is 0 Å². The van der Waals surface area contributed by atoms with Gasteiger partial charge in [0.15, 0.2) is 0 Å². The van der Waals surface area contributed by atoms with E-state index in [-0.39, 0.29) is 0 Å². The first-order valence-corrected chi connectivity index (χ1v) is 6.77. The molecular weight excluding hydrogens is 208 g/mol. The topological polar surface area (TPSA) is 38.0 Å². The monoisotopic (exact) mass is 232 g/mol. The summed E-state index contributed by atoms with van der Waals surface area (Å²) in [5.74, 6) is 1.70. The molecule has 1 fully saturated rings. The molecule has 2 nitrogen and oxygen atoms in total. The highest BCUT2D eigenvalue weighted by molar-refractivity contribution is 5.56. The Labute approximate surface area is 105 Å². The lowest BCUT2D eigenvalue weighted by Gasteiger charge is -2.29. The maximum absolute atomic E-state index is 5.82. The zero-order valence-electron chi connectivity index (χ0n) is 11.0. The van der Waals surface area contributed by atoms with Crippen LogP contribution in [0.2, 0.25) is 0 Å². The summed E-state index contributed by atoms with van der Waals surface area (Å²) in [5.41, 5.74) is 9.06. The van der Waals surface area contributed by atoms with Gasteiger partial charge in [0.05, 0.1) is 0 Å². The van der Waals surface area contributed by atoms with E-state index in [2.05, 4.69) is 31.3 Å². The van der Waals surface area contributed by atoms with Gasteiger partial charge in [0.1, 0.15) is 0 Å². The molecule has 1 aromatic rings. The van der Waals surface area contributed by atoms with E-state index in [4.69, 9.17) is 5.73 Å². The van der Waals surface area contributed by atoms with Crippen molar-refractivity contribution in [3.8, 4) is 0 Å².